The van der Waals surface area contributed by atoms with Crippen molar-refractivity contribution in [3.8, 4) is 0 Å². The number of hydrogen-bond acceptors (Lipinski definition) is 4. The van der Waals surface area contributed by atoms with Crippen LogP contribution in [0.2, 0.25) is 0 Å². The second-order valence-corrected chi connectivity index (χ2v) is 3.68. The van der Waals surface area contributed by atoms with E-state index in [2.05, 4.69) is 9.97 Å². The first-order chi connectivity index (χ1) is 7.31. The summed E-state index contributed by atoms with van der Waals surface area (Å²) in [5, 5.41) is 8.97. The van der Waals surface area contributed by atoms with E-state index in [1.807, 2.05) is 0 Å². The van der Waals surface area contributed by atoms with Crippen molar-refractivity contribution in [1.82, 2.24) is 14.9 Å². The minimum Gasteiger partial charge on any atom is -0.396 e. The molecule has 2 heterocycles. The highest BCUT2D eigenvalue weighted by Gasteiger charge is 2.26. The molecule has 0 unspecified atom stereocenters. The Balaban J connectivity index is 2.04. The maximum Gasteiger partial charge on any atom is 0.274 e. The Morgan fingerprint density at radius 1 is 1.60 bits per heavy atom. The number of carbonyl (C=O) groups excluding carboxylic acids is 1. The molecule has 1 saturated heterocycles. The number of aliphatic hydroxyl groups excluding tert-OH is 1. The van der Waals surface area contributed by atoms with Crippen LogP contribution in [-0.2, 0) is 0 Å². The summed E-state index contributed by atoms with van der Waals surface area (Å²) in [6, 6.07) is 0. The summed E-state index contributed by atoms with van der Waals surface area (Å²) in [5.74, 6) is 0.115. The molecule has 0 bridgehead atoms. The van der Waals surface area contributed by atoms with E-state index < -0.39 is 0 Å². The topological polar surface area (TPSA) is 66.3 Å². The number of nitrogens with zero attached hydrogens (tertiary/aromatic N) is 3. The average Bonchev–Trinajstić information content (AvgIpc) is 2.78. The summed E-state index contributed by atoms with van der Waals surface area (Å²) >= 11 is 0. The van der Waals surface area contributed by atoms with Gasteiger partial charge < -0.3 is 10.0 Å². The highest BCUT2D eigenvalue weighted by Crippen LogP contribution is 2.16. The minimum atomic E-state index is -0.0981. The van der Waals surface area contributed by atoms with Crippen LogP contribution < -0.4 is 0 Å². The molecule has 1 amide bonds. The molecule has 0 radical (unpaired) electrons. The van der Waals surface area contributed by atoms with Crippen molar-refractivity contribution in [2.24, 2.45) is 5.92 Å². The van der Waals surface area contributed by atoms with E-state index in [1.165, 1.54) is 18.6 Å². The van der Waals surface area contributed by atoms with Gasteiger partial charge in [-0.05, 0) is 6.42 Å². The van der Waals surface area contributed by atoms with Crippen LogP contribution >= 0.6 is 0 Å². The second kappa shape index (κ2) is 4.35. The lowest BCUT2D eigenvalue weighted by Gasteiger charge is -2.14. The Morgan fingerprint density at radius 3 is 3.07 bits per heavy atom. The van der Waals surface area contributed by atoms with Crippen molar-refractivity contribution in [1.29, 1.82) is 0 Å². The molecule has 1 aromatic rings. The van der Waals surface area contributed by atoms with Crippen molar-refractivity contribution in [3.05, 3.63) is 24.3 Å². The lowest BCUT2D eigenvalue weighted by atomic mass is 10.1. The smallest absolute Gasteiger partial charge is 0.274 e. The van der Waals surface area contributed by atoms with E-state index in [9.17, 15) is 4.79 Å². The molecule has 1 aromatic heterocycles. The second-order valence-electron chi connectivity index (χ2n) is 3.68. The molecular weight excluding hydrogens is 194 g/mol. The van der Waals surface area contributed by atoms with Crippen molar-refractivity contribution in [2.75, 3.05) is 19.7 Å². The number of hydrogen-bond donors (Lipinski definition) is 1. The Kier molecular flexibility index (Phi) is 2.91. The predicted molar refractivity (Wildman–Crippen MR) is 53.1 cm³/mol. The van der Waals surface area contributed by atoms with Crippen LogP contribution in [0.3, 0.4) is 0 Å². The van der Waals surface area contributed by atoms with Crippen molar-refractivity contribution in [3.63, 3.8) is 0 Å². The maximum absolute atomic E-state index is 11.9. The molecule has 1 atom stereocenters. The molecule has 1 fully saturated rings. The number of aromatic nitrogens is 2. The molecule has 0 spiro atoms. The molecule has 80 valence electrons. The van der Waals surface area contributed by atoms with Crippen LogP contribution in [0.1, 0.15) is 16.9 Å². The fourth-order valence-corrected chi connectivity index (χ4v) is 1.74. The number of rotatable bonds is 2. The Labute approximate surface area is 87.8 Å². The molecule has 5 heteroatoms. The summed E-state index contributed by atoms with van der Waals surface area (Å²) in [5.41, 5.74) is 0.371. The van der Waals surface area contributed by atoms with Gasteiger partial charge in [-0.25, -0.2) is 4.98 Å². The largest absolute Gasteiger partial charge is 0.396 e. The normalized spacial score (nSPS) is 20.6. The highest BCUT2D eigenvalue weighted by molar-refractivity contribution is 5.92. The van der Waals surface area contributed by atoms with Gasteiger partial charge in [0.2, 0.25) is 0 Å². The maximum atomic E-state index is 11.9. The monoisotopic (exact) mass is 207 g/mol. The quantitative estimate of drug-likeness (QED) is 0.737. The van der Waals surface area contributed by atoms with E-state index in [0.717, 1.165) is 6.42 Å². The lowest BCUT2D eigenvalue weighted by molar-refractivity contribution is 0.0775. The molecule has 1 aliphatic rings. The molecule has 0 aromatic carbocycles. The average molecular weight is 207 g/mol. The number of likely N-dealkylation sites (tertiary alicyclic amines) is 1. The fraction of sp³-hybridized carbons (Fsp3) is 0.500. The third kappa shape index (κ3) is 2.12. The Bertz CT molecular complexity index is 342. The van der Waals surface area contributed by atoms with Crippen LogP contribution in [0.4, 0.5) is 0 Å². The van der Waals surface area contributed by atoms with Crippen molar-refractivity contribution >= 4 is 5.91 Å². The molecule has 0 aliphatic carbocycles. The van der Waals surface area contributed by atoms with Crippen LogP contribution in [0.25, 0.3) is 0 Å². The van der Waals surface area contributed by atoms with Gasteiger partial charge in [0.25, 0.3) is 5.91 Å². The van der Waals surface area contributed by atoms with Gasteiger partial charge in [0.1, 0.15) is 5.69 Å². The standard InChI is InChI=1S/C10H13N3O2/c14-7-8-1-4-13(6-8)10(15)9-5-11-2-3-12-9/h2-3,5,8,14H,1,4,6-7H2/t8-/m1/s1. The van der Waals surface area contributed by atoms with Gasteiger partial charge in [-0.15, -0.1) is 0 Å². The van der Waals surface area contributed by atoms with E-state index >= 15 is 0 Å². The summed E-state index contributed by atoms with van der Waals surface area (Å²) in [4.78, 5) is 21.4. The van der Waals surface area contributed by atoms with Gasteiger partial charge in [0.05, 0.1) is 6.20 Å². The zero-order valence-corrected chi connectivity index (χ0v) is 8.33. The van der Waals surface area contributed by atoms with Gasteiger partial charge in [0, 0.05) is 38.0 Å². The molecule has 1 aliphatic heterocycles. The number of amides is 1. The van der Waals surface area contributed by atoms with E-state index in [0.29, 0.717) is 18.8 Å². The van der Waals surface area contributed by atoms with Crippen LogP contribution in [0.5, 0.6) is 0 Å². The third-order valence-electron chi connectivity index (χ3n) is 2.61. The molecular formula is C10H13N3O2. The molecule has 0 saturated carbocycles. The highest BCUT2D eigenvalue weighted by atomic mass is 16.3. The van der Waals surface area contributed by atoms with Crippen molar-refractivity contribution in [2.45, 2.75) is 6.42 Å². The van der Waals surface area contributed by atoms with Gasteiger partial charge >= 0.3 is 0 Å². The van der Waals surface area contributed by atoms with Gasteiger partial charge in [0.15, 0.2) is 0 Å². The minimum absolute atomic E-state index is 0.0981. The summed E-state index contributed by atoms with van der Waals surface area (Å²) in [7, 11) is 0. The number of aliphatic hydroxyl groups is 1. The van der Waals surface area contributed by atoms with Crippen LogP contribution in [0, 0.1) is 5.92 Å². The summed E-state index contributed by atoms with van der Waals surface area (Å²) < 4.78 is 0. The molecule has 15 heavy (non-hydrogen) atoms. The van der Waals surface area contributed by atoms with Gasteiger partial charge in [-0.1, -0.05) is 0 Å². The molecule has 1 N–H and O–H groups in total. The van der Waals surface area contributed by atoms with Crippen molar-refractivity contribution < 1.29 is 9.90 Å². The van der Waals surface area contributed by atoms with E-state index in [-0.39, 0.29) is 18.4 Å². The van der Waals surface area contributed by atoms with Crippen LogP contribution in [0.15, 0.2) is 18.6 Å². The van der Waals surface area contributed by atoms with E-state index in [1.54, 1.807) is 4.90 Å². The third-order valence-corrected chi connectivity index (χ3v) is 2.61. The zero-order valence-electron chi connectivity index (χ0n) is 8.33. The molecule has 2 rings (SSSR count). The Morgan fingerprint density at radius 2 is 2.47 bits per heavy atom. The first kappa shape index (κ1) is 10.0. The van der Waals surface area contributed by atoms with Crippen LogP contribution in [-0.4, -0.2) is 45.6 Å². The Hall–Kier alpha value is -1.49. The fourth-order valence-electron chi connectivity index (χ4n) is 1.74. The van der Waals surface area contributed by atoms with Gasteiger partial charge in [-0.3, -0.25) is 9.78 Å². The number of carbonyl (C=O) groups is 1. The van der Waals surface area contributed by atoms with E-state index in [4.69, 9.17) is 5.11 Å². The first-order valence-electron chi connectivity index (χ1n) is 4.97. The lowest BCUT2D eigenvalue weighted by Crippen LogP contribution is -2.29. The molecule has 5 nitrogen and oxygen atoms in total. The first-order valence-corrected chi connectivity index (χ1v) is 4.97. The predicted octanol–water partition coefficient (Wildman–Crippen LogP) is -0.0690. The zero-order chi connectivity index (χ0) is 10.7. The SMILES string of the molecule is O=C(c1cnccn1)N1CC[C@@H](CO)C1. The van der Waals surface area contributed by atoms with Gasteiger partial charge in [-0.2, -0.15) is 0 Å². The summed E-state index contributed by atoms with van der Waals surface area (Å²) in [6.45, 7) is 1.46. The summed E-state index contributed by atoms with van der Waals surface area (Å²) in [6.07, 6.45) is 5.38.